The van der Waals surface area contributed by atoms with Crippen LogP contribution in [0.15, 0.2) is 65.7 Å². The highest BCUT2D eigenvalue weighted by Crippen LogP contribution is 2.34. The number of para-hydroxylation sites is 1. The van der Waals surface area contributed by atoms with Crippen molar-refractivity contribution in [1.29, 1.82) is 0 Å². The van der Waals surface area contributed by atoms with Crippen LogP contribution < -0.4 is 5.32 Å². The number of rotatable bonds is 6. The number of nitrogens with zero attached hydrogens (tertiary/aromatic N) is 2. The second-order valence-electron chi connectivity index (χ2n) is 6.19. The molecule has 1 amide bonds. The summed E-state index contributed by atoms with van der Waals surface area (Å²) in [6, 6.07) is 16.4. The highest BCUT2D eigenvalue weighted by molar-refractivity contribution is 7.99. The summed E-state index contributed by atoms with van der Waals surface area (Å²) in [4.78, 5) is 20.9. The number of amides is 1. The van der Waals surface area contributed by atoms with E-state index in [2.05, 4.69) is 15.3 Å². The van der Waals surface area contributed by atoms with E-state index in [1.54, 1.807) is 6.92 Å². The van der Waals surface area contributed by atoms with Gasteiger partial charge in [-0.2, -0.15) is 13.2 Å². The van der Waals surface area contributed by atoms with E-state index in [4.69, 9.17) is 0 Å². The zero-order valence-electron chi connectivity index (χ0n) is 15.5. The Morgan fingerprint density at radius 3 is 2.45 bits per heavy atom. The van der Waals surface area contributed by atoms with Gasteiger partial charge in [0, 0.05) is 17.7 Å². The van der Waals surface area contributed by atoms with Crippen LogP contribution in [0, 0.1) is 6.92 Å². The molecule has 1 N–H and O–H groups in total. The fourth-order valence-electron chi connectivity index (χ4n) is 2.67. The van der Waals surface area contributed by atoms with Gasteiger partial charge in [0.2, 0.25) is 5.91 Å². The van der Waals surface area contributed by atoms with Crippen LogP contribution in [0.4, 0.5) is 18.9 Å². The molecule has 3 rings (SSSR count). The molecule has 0 spiro atoms. The third-order valence-electron chi connectivity index (χ3n) is 3.97. The Morgan fingerprint density at radius 2 is 1.72 bits per heavy atom. The lowest BCUT2D eigenvalue weighted by Gasteiger charge is -2.13. The normalized spacial score (nSPS) is 11.3. The molecule has 2 aromatic carbocycles. The van der Waals surface area contributed by atoms with Gasteiger partial charge in [-0.05, 0) is 25.1 Å². The predicted octanol–water partition coefficient (Wildman–Crippen LogP) is 5.59. The molecule has 0 radical (unpaired) electrons. The molecule has 1 aromatic heterocycles. The average molecular weight is 417 g/mol. The summed E-state index contributed by atoms with van der Waals surface area (Å²) in [7, 11) is 0. The van der Waals surface area contributed by atoms with Crippen LogP contribution in [-0.2, 0) is 11.0 Å². The number of alkyl halides is 3. The molecule has 150 valence electrons. The second-order valence-corrected chi connectivity index (χ2v) is 7.31. The topological polar surface area (TPSA) is 54.9 Å². The third kappa shape index (κ3) is 5.80. The molecule has 0 bridgehead atoms. The molecule has 0 atom stereocenters. The molecule has 0 fully saturated rings. The van der Waals surface area contributed by atoms with Crippen LogP contribution >= 0.6 is 11.8 Å². The number of aromatic nitrogens is 2. The van der Waals surface area contributed by atoms with E-state index < -0.39 is 17.6 Å². The van der Waals surface area contributed by atoms with E-state index in [1.807, 2.05) is 36.4 Å². The Kier molecular flexibility index (Phi) is 6.53. The summed E-state index contributed by atoms with van der Waals surface area (Å²) < 4.78 is 39.1. The van der Waals surface area contributed by atoms with Crippen LogP contribution in [0.2, 0.25) is 0 Å². The molecule has 4 nitrogen and oxygen atoms in total. The second kappa shape index (κ2) is 9.09. The van der Waals surface area contributed by atoms with Crippen molar-refractivity contribution in [3.8, 4) is 11.3 Å². The van der Waals surface area contributed by atoms with Crippen LogP contribution in [-0.4, -0.2) is 21.6 Å². The first-order valence-electron chi connectivity index (χ1n) is 8.83. The smallest absolute Gasteiger partial charge is 0.325 e. The van der Waals surface area contributed by atoms with Crippen molar-refractivity contribution >= 4 is 23.4 Å². The summed E-state index contributed by atoms with van der Waals surface area (Å²) >= 11 is 1.36. The zero-order chi connectivity index (χ0) is 20.9. The number of thioether (sulfide) groups is 1. The minimum Gasteiger partial charge on any atom is -0.325 e. The molecule has 3 aromatic rings. The largest absolute Gasteiger partial charge is 0.418 e. The van der Waals surface area contributed by atoms with Crippen molar-refractivity contribution in [3.63, 3.8) is 0 Å². The van der Waals surface area contributed by atoms with Gasteiger partial charge in [-0.3, -0.25) is 4.79 Å². The minimum atomic E-state index is -4.52. The van der Waals surface area contributed by atoms with Crippen LogP contribution in [0.5, 0.6) is 0 Å². The fraction of sp³-hybridized carbons (Fsp3) is 0.190. The quantitative estimate of drug-likeness (QED) is 0.420. The Hall–Kier alpha value is -2.87. The van der Waals surface area contributed by atoms with Crippen molar-refractivity contribution in [3.05, 3.63) is 72.1 Å². The number of carbonyl (C=O) groups is 1. The summed E-state index contributed by atoms with van der Waals surface area (Å²) in [6.45, 7) is 1.79. The Bertz CT molecular complexity index is 994. The van der Waals surface area contributed by atoms with Crippen molar-refractivity contribution in [2.45, 2.75) is 24.5 Å². The Balaban J connectivity index is 1.61. The van der Waals surface area contributed by atoms with Crippen molar-refractivity contribution < 1.29 is 18.0 Å². The number of carbonyl (C=O) groups excluding carboxylic acids is 1. The summed E-state index contributed by atoms with van der Waals surface area (Å²) in [6.07, 6.45) is -4.47. The molecule has 0 saturated heterocycles. The average Bonchev–Trinajstić information content (AvgIpc) is 2.68. The maximum absolute atomic E-state index is 13.0. The lowest BCUT2D eigenvalue weighted by atomic mass is 10.1. The summed E-state index contributed by atoms with van der Waals surface area (Å²) in [5, 5.41) is 3.06. The van der Waals surface area contributed by atoms with E-state index >= 15 is 0 Å². The number of hydrogen-bond acceptors (Lipinski definition) is 4. The van der Waals surface area contributed by atoms with Crippen molar-refractivity contribution in [2.75, 3.05) is 11.1 Å². The number of halogens is 3. The molecule has 0 saturated carbocycles. The zero-order valence-corrected chi connectivity index (χ0v) is 16.3. The van der Waals surface area contributed by atoms with E-state index in [9.17, 15) is 18.0 Å². The van der Waals surface area contributed by atoms with Gasteiger partial charge in [-0.1, -0.05) is 42.5 Å². The highest BCUT2D eigenvalue weighted by Gasteiger charge is 2.33. The van der Waals surface area contributed by atoms with Crippen LogP contribution in [0.25, 0.3) is 11.3 Å². The predicted molar refractivity (Wildman–Crippen MR) is 108 cm³/mol. The molecule has 0 aliphatic rings. The van der Waals surface area contributed by atoms with E-state index in [0.717, 1.165) is 17.3 Å². The van der Waals surface area contributed by atoms with Crippen LogP contribution in [0.3, 0.4) is 0 Å². The van der Waals surface area contributed by atoms with Gasteiger partial charge in [0.25, 0.3) is 0 Å². The summed E-state index contributed by atoms with van der Waals surface area (Å²) in [5.41, 5.74) is 0.643. The fourth-order valence-corrected chi connectivity index (χ4v) is 3.56. The summed E-state index contributed by atoms with van der Waals surface area (Å²) in [5.74, 6) is 0.505. The van der Waals surface area contributed by atoms with Gasteiger partial charge in [0.15, 0.2) is 0 Å². The van der Waals surface area contributed by atoms with Gasteiger partial charge in [-0.25, -0.2) is 9.97 Å². The standard InChI is InChI=1S/C21H18F3N3OS/c1-14-25-18(15-7-3-2-4-8-15)13-20(26-14)29-12-11-19(28)27-17-10-6-5-9-16(17)21(22,23)24/h2-10,13H,11-12H2,1H3,(H,27,28). The molecular weight excluding hydrogens is 399 g/mol. The first-order chi connectivity index (χ1) is 13.8. The Morgan fingerprint density at radius 1 is 1.03 bits per heavy atom. The first-order valence-corrected chi connectivity index (χ1v) is 9.81. The Labute approximate surface area is 170 Å². The minimum absolute atomic E-state index is 0.0561. The molecule has 0 unspecified atom stereocenters. The molecule has 0 aliphatic carbocycles. The van der Waals surface area contributed by atoms with Crippen molar-refractivity contribution in [1.82, 2.24) is 9.97 Å². The SMILES string of the molecule is Cc1nc(SCCC(=O)Nc2ccccc2C(F)(F)F)cc(-c2ccccc2)n1. The third-order valence-corrected chi connectivity index (χ3v) is 4.88. The van der Waals surface area contributed by atoms with Gasteiger partial charge in [0.1, 0.15) is 10.9 Å². The van der Waals surface area contributed by atoms with Crippen molar-refractivity contribution in [2.24, 2.45) is 0 Å². The number of aryl methyl sites for hydroxylation is 1. The molecule has 8 heteroatoms. The van der Waals surface area contributed by atoms with E-state index in [-0.39, 0.29) is 12.1 Å². The van der Waals surface area contributed by atoms with Gasteiger partial charge >= 0.3 is 6.18 Å². The maximum Gasteiger partial charge on any atom is 0.418 e. The first kappa shape index (κ1) is 20.9. The van der Waals surface area contributed by atoms with E-state index in [0.29, 0.717) is 16.6 Å². The van der Waals surface area contributed by atoms with Crippen LogP contribution in [0.1, 0.15) is 17.8 Å². The molecule has 1 heterocycles. The number of benzene rings is 2. The number of anilines is 1. The highest BCUT2D eigenvalue weighted by atomic mass is 32.2. The van der Waals surface area contributed by atoms with E-state index in [1.165, 1.54) is 30.0 Å². The van der Waals surface area contributed by atoms with Gasteiger partial charge in [0.05, 0.1) is 16.9 Å². The lowest BCUT2D eigenvalue weighted by Crippen LogP contribution is -2.16. The molecule has 0 aliphatic heterocycles. The van der Waals surface area contributed by atoms with Gasteiger partial charge in [-0.15, -0.1) is 11.8 Å². The number of nitrogens with one attached hydrogen (secondary N) is 1. The lowest BCUT2D eigenvalue weighted by molar-refractivity contribution is -0.137. The molecular formula is C21H18F3N3OS. The maximum atomic E-state index is 13.0. The monoisotopic (exact) mass is 417 g/mol. The number of hydrogen-bond donors (Lipinski definition) is 1. The molecule has 29 heavy (non-hydrogen) atoms. The van der Waals surface area contributed by atoms with Gasteiger partial charge < -0.3 is 5.32 Å².